The number of halogens is 1. The average molecular weight is 1010 g/mol. The van der Waals surface area contributed by atoms with Crippen molar-refractivity contribution in [1.29, 1.82) is 0 Å². The molecule has 0 spiro atoms. The number of rotatable bonds is 16. The molecule has 3 unspecified atom stereocenters. The molecule has 0 aromatic carbocycles. The van der Waals surface area contributed by atoms with Crippen LogP contribution in [0.25, 0.3) is 0 Å². The van der Waals surface area contributed by atoms with E-state index in [-0.39, 0.29) is 61.0 Å². The Morgan fingerprint density at radius 1 is 0.508 bits per heavy atom. The summed E-state index contributed by atoms with van der Waals surface area (Å²) in [6.07, 6.45) is 1.66. The molecule has 63 heavy (non-hydrogen) atoms. The number of pyridine rings is 1. The van der Waals surface area contributed by atoms with Gasteiger partial charge in [0.15, 0.2) is 11.9 Å². The Balaban J connectivity index is 0.0000384. The van der Waals surface area contributed by atoms with Gasteiger partial charge in [-0.3, -0.25) is 0 Å². The number of nitrogens with one attached hydrogen (secondary N) is 3. The van der Waals surface area contributed by atoms with Crippen molar-refractivity contribution in [3.05, 3.63) is 23.5 Å². The van der Waals surface area contributed by atoms with E-state index >= 15 is 0 Å². The van der Waals surface area contributed by atoms with Crippen LogP contribution in [0.5, 0.6) is 5.75 Å². The van der Waals surface area contributed by atoms with Gasteiger partial charge in [-0.2, -0.15) is 0 Å². The summed E-state index contributed by atoms with van der Waals surface area (Å²) in [6.45, 7) is 30.9. The van der Waals surface area contributed by atoms with E-state index in [0.717, 1.165) is 0 Å². The number of hydrogen-bond acceptors (Lipinski definition) is 13. The predicted octanol–water partition coefficient (Wildman–Crippen LogP) is 4.03. The van der Waals surface area contributed by atoms with Gasteiger partial charge in [-0.25, -0.2) is 33.3 Å². The maximum atomic E-state index is 13.6. The third kappa shape index (κ3) is 27.0. The number of ether oxygens (including phenoxy) is 6. The fraction of sp³-hybridized carbons (Fsp3) is 0.756. The SMILES string of the molecule is CC(C)(C)OC(=O)NC(CCCC[n+]1cc(O)c(CC(NC(=O)OC(C)(C)C)C(=O)OC(C)(C)C)c(CCC(NC(=O)OC(C)(C)C)C(=O)OC(C)(C)C)c1)C(=O)OC(C)(C)C.[I-]. The lowest BCUT2D eigenvalue weighted by atomic mass is 9.96. The van der Waals surface area contributed by atoms with Gasteiger partial charge < -0.3 is 73.5 Å². The minimum absolute atomic E-state index is 0. The molecule has 362 valence electrons. The van der Waals surface area contributed by atoms with Gasteiger partial charge in [0.05, 0.1) is 0 Å². The van der Waals surface area contributed by atoms with Gasteiger partial charge in [-0.05, 0) is 150 Å². The summed E-state index contributed by atoms with van der Waals surface area (Å²) in [5, 5.41) is 19.5. The second-order valence-electron chi connectivity index (χ2n) is 21.3. The zero-order valence-corrected chi connectivity index (χ0v) is 43.2. The number of aromatic hydroxyl groups is 1. The number of aromatic nitrogens is 1. The van der Waals surface area contributed by atoms with Crippen molar-refractivity contribution in [2.24, 2.45) is 0 Å². The molecule has 1 rings (SSSR count). The van der Waals surface area contributed by atoms with Crippen LogP contribution in [0.3, 0.4) is 0 Å². The summed E-state index contributed by atoms with van der Waals surface area (Å²) in [6, 6.07) is -3.49. The lowest BCUT2D eigenvalue weighted by molar-refractivity contribution is -0.698. The van der Waals surface area contributed by atoms with Gasteiger partial charge in [0.25, 0.3) is 0 Å². The predicted molar refractivity (Wildman–Crippen MR) is 231 cm³/mol. The monoisotopic (exact) mass is 1010 g/mol. The quantitative estimate of drug-likeness (QED) is 0.0606. The average Bonchev–Trinajstić information content (AvgIpc) is 3.00. The van der Waals surface area contributed by atoms with Crippen LogP contribution < -0.4 is 44.5 Å². The van der Waals surface area contributed by atoms with E-state index in [9.17, 15) is 33.9 Å². The van der Waals surface area contributed by atoms with E-state index in [1.165, 1.54) is 6.20 Å². The summed E-state index contributed by atoms with van der Waals surface area (Å²) in [7, 11) is 0. The topological polar surface area (TPSA) is 218 Å². The number of unbranched alkanes of at least 4 members (excludes halogenated alkanes) is 1. The normalized spacial score (nSPS) is 13.8. The Kier molecular flexibility index (Phi) is 22.2. The van der Waals surface area contributed by atoms with Gasteiger partial charge in [-0.1, -0.05) is 0 Å². The molecule has 1 aromatic rings. The van der Waals surface area contributed by atoms with E-state index in [4.69, 9.17) is 28.4 Å². The fourth-order valence-electron chi connectivity index (χ4n) is 5.60. The van der Waals surface area contributed by atoms with Crippen molar-refractivity contribution in [2.45, 2.75) is 221 Å². The van der Waals surface area contributed by atoms with Crippen molar-refractivity contribution in [1.82, 2.24) is 16.0 Å². The Bertz CT molecular complexity index is 1710. The van der Waals surface area contributed by atoms with E-state index in [0.29, 0.717) is 24.9 Å². The van der Waals surface area contributed by atoms with Crippen LogP contribution in [0, 0.1) is 0 Å². The van der Waals surface area contributed by atoms with Crippen LogP contribution in [0.1, 0.15) is 161 Å². The van der Waals surface area contributed by atoms with Gasteiger partial charge in [0.1, 0.15) is 58.3 Å². The molecule has 0 aliphatic heterocycles. The third-order valence-corrected chi connectivity index (χ3v) is 7.72. The first-order chi connectivity index (χ1) is 27.8. The molecule has 18 heteroatoms. The molecular weight excluding hydrogens is 931 g/mol. The van der Waals surface area contributed by atoms with Crippen molar-refractivity contribution in [3.63, 3.8) is 0 Å². The van der Waals surface area contributed by atoms with Gasteiger partial charge in [0.2, 0.25) is 6.20 Å². The van der Waals surface area contributed by atoms with Crippen LogP contribution in [-0.4, -0.2) is 93.0 Å². The summed E-state index contributed by atoms with van der Waals surface area (Å²) in [5.41, 5.74) is -4.40. The molecule has 0 fully saturated rings. The van der Waals surface area contributed by atoms with Crippen molar-refractivity contribution >= 4 is 36.2 Å². The minimum atomic E-state index is -1.31. The highest BCUT2D eigenvalue weighted by atomic mass is 127. The third-order valence-electron chi connectivity index (χ3n) is 7.72. The molecule has 3 atom stereocenters. The number of nitrogens with zero attached hydrogens (tertiary/aromatic N) is 1. The molecular formula is C45H77IN4O13. The first-order valence-electron chi connectivity index (χ1n) is 21.2. The molecule has 0 bridgehead atoms. The van der Waals surface area contributed by atoms with Crippen molar-refractivity contribution < 1.29 is 90.8 Å². The Labute approximate surface area is 392 Å². The number of esters is 3. The highest BCUT2D eigenvalue weighted by Crippen LogP contribution is 2.25. The molecule has 17 nitrogen and oxygen atoms in total. The maximum absolute atomic E-state index is 13.6. The van der Waals surface area contributed by atoms with Crippen molar-refractivity contribution in [2.75, 3.05) is 0 Å². The number of carbonyl (C=O) groups excluding carboxylic acids is 6. The minimum Gasteiger partial charge on any atom is -1.00 e. The van der Waals surface area contributed by atoms with Crippen molar-refractivity contribution in [3.8, 4) is 5.75 Å². The molecule has 0 saturated heterocycles. The largest absolute Gasteiger partial charge is 1.00 e. The highest BCUT2D eigenvalue weighted by molar-refractivity contribution is 5.83. The smallest absolute Gasteiger partial charge is 0.408 e. The summed E-state index contributed by atoms with van der Waals surface area (Å²) in [5.74, 6) is -2.33. The van der Waals surface area contributed by atoms with Crippen LogP contribution in [-0.2, 0) is 62.2 Å². The molecule has 4 N–H and O–H groups in total. The van der Waals surface area contributed by atoms with Crippen LogP contribution in [0.2, 0.25) is 0 Å². The first kappa shape index (κ1) is 58.9. The van der Waals surface area contributed by atoms with Crippen LogP contribution in [0.15, 0.2) is 12.4 Å². The van der Waals surface area contributed by atoms with Crippen LogP contribution in [0.4, 0.5) is 14.4 Å². The molecule has 1 heterocycles. The van der Waals surface area contributed by atoms with E-state index in [1.807, 2.05) is 0 Å². The number of hydrogen-bond donors (Lipinski definition) is 4. The second-order valence-corrected chi connectivity index (χ2v) is 21.3. The number of aryl methyl sites for hydroxylation is 2. The zero-order chi connectivity index (χ0) is 48.2. The Hall–Kier alpha value is -4.10. The molecule has 0 aliphatic rings. The zero-order valence-electron chi connectivity index (χ0n) is 41.0. The maximum Gasteiger partial charge on any atom is 0.408 e. The Morgan fingerprint density at radius 3 is 1.21 bits per heavy atom. The molecule has 0 radical (unpaired) electrons. The second kappa shape index (κ2) is 23.7. The fourth-order valence-corrected chi connectivity index (χ4v) is 5.60. The summed E-state index contributed by atoms with van der Waals surface area (Å²) < 4.78 is 34.9. The van der Waals surface area contributed by atoms with Crippen LogP contribution >= 0.6 is 0 Å². The highest BCUT2D eigenvalue weighted by Gasteiger charge is 2.34. The molecule has 0 saturated carbocycles. The van der Waals surface area contributed by atoms with E-state index in [2.05, 4.69) is 16.0 Å². The molecule has 0 aliphatic carbocycles. The summed E-state index contributed by atoms with van der Waals surface area (Å²) >= 11 is 0. The molecule has 1 aromatic heterocycles. The van der Waals surface area contributed by atoms with E-state index in [1.54, 1.807) is 135 Å². The number of amides is 3. The standard InChI is InChI=1S/C45H76N4O13.HI/c1-40(2,3)57-34(51)30(46-37(54)60-43(10,11)12)21-19-20-24-49-26-28(22-23-31(35(52)58-41(4,5)6)47-38(55)61-44(13,14)15)29(33(50)27-49)25-32(36(53)59-42(7,8)9)48-39(56)62-45(16,17)18;/h26-27,30-32H,19-25H2,1-18H3,(H3-,46,47,48,50,54,55,56);1H. The lowest BCUT2D eigenvalue weighted by Crippen LogP contribution is -3.00. The Morgan fingerprint density at radius 2 is 0.841 bits per heavy atom. The van der Waals surface area contributed by atoms with Gasteiger partial charge in [-0.15, -0.1) is 0 Å². The lowest BCUT2D eigenvalue weighted by Gasteiger charge is -2.27. The summed E-state index contributed by atoms with van der Waals surface area (Å²) in [4.78, 5) is 78.8. The number of carbonyl (C=O) groups is 6. The first-order valence-corrected chi connectivity index (χ1v) is 21.2. The van der Waals surface area contributed by atoms with Gasteiger partial charge in [0, 0.05) is 24.0 Å². The molecule has 3 amide bonds. The van der Waals surface area contributed by atoms with Gasteiger partial charge >= 0.3 is 36.2 Å². The number of alkyl carbamates (subject to hydrolysis) is 3. The van der Waals surface area contributed by atoms with E-state index < -0.39 is 87.9 Å².